The number of aromatic nitrogens is 2. The lowest BCUT2D eigenvalue weighted by molar-refractivity contribution is 0.620. The van der Waals surface area contributed by atoms with Crippen LogP contribution in [0.1, 0.15) is 11.1 Å². The van der Waals surface area contributed by atoms with Crippen LogP contribution in [0, 0.1) is 19.7 Å². The first-order valence-electron chi connectivity index (χ1n) is 7.27. The average molecular weight is 290 g/mol. The number of aromatic amines is 1. The molecular formula is C19H15FN2. The second-order valence-electron chi connectivity index (χ2n) is 5.69. The largest absolute Gasteiger partial charge is 0.360 e. The van der Waals surface area contributed by atoms with Crippen LogP contribution in [0.15, 0.2) is 48.7 Å². The van der Waals surface area contributed by atoms with Crippen LogP contribution in [-0.2, 0) is 0 Å². The van der Waals surface area contributed by atoms with Crippen LogP contribution in [0.3, 0.4) is 0 Å². The van der Waals surface area contributed by atoms with Gasteiger partial charge < -0.3 is 4.98 Å². The molecule has 3 heteroatoms. The van der Waals surface area contributed by atoms with Crippen molar-refractivity contribution < 1.29 is 4.39 Å². The first-order valence-corrected chi connectivity index (χ1v) is 7.27. The van der Waals surface area contributed by atoms with Gasteiger partial charge in [-0.3, -0.25) is 0 Å². The van der Waals surface area contributed by atoms with Crippen molar-refractivity contribution in [2.24, 2.45) is 0 Å². The topological polar surface area (TPSA) is 28.7 Å². The molecule has 0 amide bonds. The highest BCUT2D eigenvalue weighted by Crippen LogP contribution is 2.31. The summed E-state index contributed by atoms with van der Waals surface area (Å²) in [6.07, 6.45) is 1.90. The van der Waals surface area contributed by atoms with E-state index < -0.39 is 0 Å². The molecule has 4 rings (SSSR count). The van der Waals surface area contributed by atoms with E-state index in [9.17, 15) is 4.39 Å². The fraction of sp³-hybridized carbons (Fsp3) is 0.105. The third-order valence-corrected chi connectivity index (χ3v) is 4.17. The number of nitrogens with zero attached hydrogens (tertiary/aromatic N) is 1. The van der Waals surface area contributed by atoms with E-state index in [0.29, 0.717) is 5.56 Å². The summed E-state index contributed by atoms with van der Waals surface area (Å²) >= 11 is 0. The minimum Gasteiger partial charge on any atom is -0.360 e. The molecule has 22 heavy (non-hydrogen) atoms. The summed E-state index contributed by atoms with van der Waals surface area (Å²) in [6.45, 7) is 3.85. The zero-order valence-corrected chi connectivity index (χ0v) is 12.4. The Morgan fingerprint density at radius 3 is 2.68 bits per heavy atom. The molecule has 0 saturated carbocycles. The molecule has 0 spiro atoms. The molecule has 0 fully saturated rings. The summed E-state index contributed by atoms with van der Waals surface area (Å²) < 4.78 is 13.7. The maximum absolute atomic E-state index is 13.7. The fourth-order valence-electron chi connectivity index (χ4n) is 2.91. The van der Waals surface area contributed by atoms with E-state index in [1.54, 1.807) is 6.92 Å². The zero-order valence-electron chi connectivity index (χ0n) is 12.4. The molecule has 0 unspecified atom stereocenters. The van der Waals surface area contributed by atoms with Gasteiger partial charge in [-0.2, -0.15) is 0 Å². The molecule has 0 atom stereocenters. The number of nitrogens with one attached hydrogen (secondary N) is 1. The van der Waals surface area contributed by atoms with Crippen LogP contribution >= 0.6 is 0 Å². The van der Waals surface area contributed by atoms with E-state index in [1.165, 1.54) is 11.6 Å². The predicted octanol–water partition coefficient (Wildman–Crippen LogP) is 5.14. The molecule has 0 aliphatic heterocycles. The third kappa shape index (κ3) is 1.90. The zero-order chi connectivity index (χ0) is 15.3. The van der Waals surface area contributed by atoms with Gasteiger partial charge in [-0.1, -0.05) is 18.2 Å². The van der Waals surface area contributed by atoms with Crippen molar-refractivity contribution in [2.75, 3.05) is 0 Å². The second kappa shape index (κ2) is 4.67. The van der Waals surface area contributed by atoms with Crippen molar-refractivity contribution in [3.63, 3.8) is 0 Å². The molecule has 2 nitrogen and oxygen atoms in total. The van der Waals surface area contributed by atoms with E-state index in [1.807, 2.05) is 18.3 Å². The van der Waals surface area contributed by atoms with Gasteiger partial charge in [0, 0.05) is 28.1 Å². The molecule has 0 aliphatic carbocycles. The Labute approximate surface area is 127 Å². The van der Waals surface area contributed by atoms with Gasteiger partial charge in [0.2, 0.25) is 0 Å². The minimum atomic E-state index is -0.192. The molecule has 4 aromatic rings. The Morgan fingerprint density at radius 1 is 1.00 bits per heavy atom. The Balaban J connectivity index is 1.97. The molecule has 2 heterocycles. The molecule has 0 bridgehead atoms. The van der Waals surface area contributed by atoms with Crippen molar-refractivity contribution in [2.45, 2.75) is 13.8 Å². The lowest BCUT2D eigenvalue weighted by Crippen LogP contribution is -1.86. The van der Waals surface area contributed by atoms with E-state index in [-0.39, 0.29) is 5.82 Å². The molecule has 0 saturated heterocycles. The van der Waals surface area contributed by atoms with Gasteiger partial charge >= 0.3 is 0 Å². The second-order valence-corrected chi connectivity index (χ2v) is 5.69. The first kappa shape index (κ1) is 13.0. The van der Waals surface area contributed by atoms with Crippen molar-refractivity contribution in [1.29, 1.82) is 0 Å². The smallest absolute Gasteiger partial charge is 0.128 e. The number of rotatable bonds is 1. The molecule has 2 aromatic heterocycles. The molecular weight excluding hydrogens is 275 g/mol. The summed E-state index contributed by atoms with van der Waals surface area (Å²) in [5.74, 6) is -0.192. The Bertz CT molecular complexity index is 1010. The van der Waals surface area contributed by atoms with Gasteiger partial charge in [-0.05, 0) is 43.7 Å². The molecule has 0 radical (unpaired) electrons. The van der Waals surface area contributed by atoms with Gasteiger partial charge in [-0.15, -0.1) is 0 Å². The standard InChI is InChI=1S/C19H15FN2/c1-11-3-4-13-5-8-17(22-18(13)9-11)15-10-21-19-12(2)16(20)7-6-14(15)19/h3-10,21H,1-2H3. The van der Waals surface area contributed by atoms with Crippen LogP contribution < -0.4 is 0 Å². The lowest BCUT2D eigenvalue weighted by Gasteiger charge is -2.04. The van der Waals surface area contributed by atoms with Gasteiger partial charge in [0.05, 0.1) is 16.7 Å². The highest BCUT2D eigenvalue weighted by Gasteiger charge is 2.11. The minimum absolute atomic E-state index is 0.192. The summed E-state index contributed by atoms with van der Waals surface area (Å²) in [5, 5.41) is 2.12. The lowest BCUT2D eigenvalue weighted by atomic mass is 10.1. The van der Waals surface area contributed by atoms with Crippen molar-refractivity contribution in [1.82, 2.24) is 9.97 Å². The molecule has 0 aliphatic rings. The number of halogens is 1. The highest BCUT2D eigenvalue weighted by atomic mass is 19.1. The maximum Gasteiger partial charge on any atom is 0.128 e. The number of aryl methyl sites for hydroxylation is 2. The van der Waals surface area contributed by atoms with Gasteiger partial charge in [0.25, 0.3) is 0 Å². The van der Waals surface area contributed by atoms with E-state index >= 15 is 0 Å². The highest BCUT2D eigenvalue weighted by molar-refractivity contribution is 5.97. The van der Waals surface area contributed by atoms with Crippen LogP contribution in [0.2, 0.25) is 0 Å². The molecule has 108 valence electrons. The number of pyridine rings is 1. The van der Waals surface area contributed by atoms with Crippen molar-refractivity contribution in [3.8, 4) is 11.3 Å². The number of hydrogen-bond donors (Lipinski definition) is 1. The normalized spacial score (nSPS) is 11.4. The number of benzene rings is 2. The van der Waals surface area contributed by atoms with E-state index in [4.69, 9.17) is 4.98 Å². The summed E-state index contributed by atoms with van der Waals surface area (Å²) in [7, 11) is 0. The molecule has 1 N–H and O–H groups in total. The Kier molecular flexibility index (Phi) is 2.76. The van der Waals surface area contributed by atoms with E-state index in [2.05, 4.69) is 36.2 Å². The van der Waals surface area contributed by atoms with Crippen molar-refractivity contribution >= 4 is 21.8 Å². The van der Waals surface area contributed by atoms with Gasteiger partial charge in [-0.25, -0.2) is 9.37 Å². The SMILES string of the molecule is Cc1ccc2ccc(-c3c[nH]c4c(C)c(F)ccc34)nc2c1. The predicted molar refractivity (Wildman–Crippen MR) is 88.5 cm³/mol. The van der Waals surface area contributed by atoms with Crippen molar-refractivity contribution in [3.05, 3.63) is 65.6 Å². The average Bonchev–Trinajstić information content (AvgIpc) is 2.95. The fourth-order valence-corrected chi connectivity index (χ4v) is 2.91. The summed E-state index contributed by atoms with van der Waals surface area (Å²) in [4.78, 5) is 7.94. The van der Waals surface area contributed by atoms with E-state index in [0.717, 1.165) is 33.1 Å². The third-order valence-electron chi connectivity index (χ3n) is 4.17. The number of fused-ring (bicyclic) bond motifs is 2. The molecule has 2 aromatic carbocycles. The monoisotopic (exact) mass is 290 g/mol. The Hall–Kier alpha value is -2.68. The maximum atomic E-state index is 13.7. The van der Waals surface area contributed by atoms with Gasteiger partial charge in [0.1, 0.15) is 5.82 Å². The van der Waals surface area contributed by atoms with Crippen LogP contribution in [0.25, 0.3) is 33.1 Å². The quantitative estimate of drug-likeness (QED) is 0.516. The van der Waals surface area contributed by atoms with Crippen LogP contribution in [0.4, 0.5) is 4.39 Å². The summed E-state index contributed by atoms with van der Waals surface area (Å²) in [5.41, 5.74) is 5.54. The summed E-state index contributed by atoms with van der Waals surface area (Å²) in [6, 6.07) is 13.7. The number of hydrogen-bond acceptors (Lipinski definition) is 1. The van der Waals surface area contributed by atoms with Gasteiger partial charge in [0.15, 0.2) is 0 Å². The van der Waals surface area contributed by atoms with Crippen LogP contribution in [0.5, 0.6) is 0 Å². The Morgan fingerprint density at radius 2 is 1.82 bits per heavy atom. The number of H-pyrrole nitrogens is 1. The first-order chi connectivity index (χ1) is 10.6. The van der Waals surface area contributed by atoms with Crippen LogP contribution in [-0.4, -0.2) is 9.97 Å².